The fourth-order valence-electron chi connectivity index (χ4n) is 3.69. The van der Waals surface area contributed by atoms with Gasteiger partial charge in [-0.25, -0.2) is 4.98 Å². The number of nitrogens with zero attached hydrogens (tertiary/aromatic N) is 3. The third-order valence-corrected chi connectivity index (χ3v) is 5.69. The summed E-state index contributed by atoms with van der Waals surface area (Å²) in [4.78, 5) is 14.6. The van der Waals surface area contributed by atoms with Crippen molar-refractivity contribution >= 4 is 38.7 Å². The molecule has 0 amide bonds. The zero-order valence-corrected chi connectivity index (χ0v) is 24.1. The molecule has 0 saturated carbocycles. The van der Waals surface area contributed by atoms with E-state index in [1.165, 1.54) is 22.3 Å². The van der Waals surface area contributed by atoms with Gasteiger partial charge in [-0.15, -0.1) is 0 Å². The Bertz CT molecular complexity index is 1060. The monoisotopic (exact) mass is 587 g/mol. The van der Waals surface area contributed by atoms with Crippen LogP contribution >= 0.6 is 15.9 Å². The van der Waals surface area contributed by atoms with Crippen molar-refractivity contribution in [1.29, 1.82) is 0 Å². The summed E-state index contributed by atoms with van der Waals surface area (Å²) in [6.45, 7) is 14.5. The topological polar surface area (TPSA) is 37.6 Å². The SMILES string of the molecule is CC(=Nc1c(C)cc(C)cc1C)c1cccc(C(C)=Nc2c(C)cc(C)cc2Br)n1.[Cl-].[Cl-].[Fe+2]. The van der Waals surface area contributed by atoms with Crippen LogP contribution in [0.3, 0.4) is 0 Å². The molecule has 0 radical (unpaired) electrons. The van der Waals surface area contributed by atoms with Crippen LogP contribution in [0.4, 0.5) is 11.4 Å². The zero-order chi connectivity index (χ0) is 22.0. The average Bonchev–Trinajstić information content (AvgIpc) is 2.67. The van der Waals surface area contributed by atoms with Crippen molar-refractivity contribution in [2.24, 2.45) is 9.98 Å². The fourth-order valence-corrected chi connectivity index (χ4v) is 4.45. The number of halogens is 3. The fraction of sp³-hybridized carbons (Fsp3) is 0.269. The second-order valence-electron chi connectivity index (χ2n) is 7.96. The zero-order valence-electron chi connectivity index (χ0n) is 19.9. The second kappa shape index (κ2) is 13.4. The summed E-state index contributed by atoms with van der Waals surface area (Å²) < 4.78 is 0.999. The number of benzene rings is 2. The van der Waals surface area contributed by atoms with E-state index in [4.69, 9.17) is 15.0 Å². The minimum atomic E-state index is 0. The minimum Gasteiger partial charge on any atom is -1.00 e. The number of pyridine rings is 1. The van der Waals surface area contributed by atoms with Crippen molar-refractivity contribution in [1.82, 2.24) is 4.98 Å². The van der Waals surface area contributed by atoms with E-state index < -0.39 is 0 Å². The van der Waals surface area contributed by atoms with Gasteiger partial charge in [-0.05, 0) is 105 Å². The first-order valence-electron chi connectivity index (χ1n) is 10.1. The largest absolute Gasteiger partial charge is 2.00 e. The first-order chi connectivity index (χ1) is 14.2. The molecule has 2 aromatic carbocycles. The van der Waals surface area contributed by atoms with Gasteiger partial charge in [0.25, 0.3) is 0 Å². The van der Waals surface area contributed by atoms with Gasteiger partial charge < -0.3 is 24.8 Å². The summed E-state index contributed by atoms with van der Waals surface area (Å²) in [6, 6.07) is 14.6. The Hall–Kier alpha value is -1.49. The Balaban J connectivity index is 0.00000341. The van der Waals surface area contributed by atoms with Crippen LogP contribution in [0.25, 0.3) is 0 Å². The van der Waals surface area contributed by atoms with Crippen LogP contribution in [0.2, 0.25) is 0 Å². The van der Waals surface area contributed by atoms with E-state index in [2.05, 4.69) is 74.8 Å². The number of hydrogen-bond acceptors (Lipinski definition) is 3. The van der Waals surface area contributed by atoms with Gasteiger partial charge in [-0.3, -0.25) is 9.98 Å². The molecule has 3 nitrogen and oxygen atoms in total. The van der Waals surface area contributed by atoms with Crippen molar-refractivity contribution < 1.29 is 41.9 Å². The van der Waals surface area contributed by atoms with E-state index >= 15 is 0 Å². The van der Waals surface area contributed by atoms with E-state index in [0.717, 1.165) is 44.2 Å². The van der Waals surface area contributed by atoms with E-state index in [1.807, 2.05) is 32.0 Å². The molecule has 0 N–H and O–H groups in total. The van der Waals surface area contributed by atoms with Crippen molar-refractivity contribution in [3.63, 3.8) is 0 Å². The summed E-state index contributed by atoms with van der Waals surface area (Å²) in [5, 5.41) is 0. The van der Waals surface area contributed by atoms with Crippen LogP contribution in [-0.2, 0) is 17.1 Å². The maximum Gasteiger partial charge on any atom is 2.00 e. The maximum absolute atomic E-state index is 4.90. The molecule has 3 aromatic rings. The van der Waals surface area contributed by atoms with Gasteiger partial charge in [0.2, 0.25) is 0 Å². The van der Waals surface area contributed by atoms with Crippen LogP contribution in [0, 0.1) is 34.6 Å². The van der Waals surface area contributed by atoms with E-state index in [-0.39, 0.29) is 41.9 Å². The molecule has 0 bridgehead atoms. The molecule has 176 valence electrons. The number of aliphatic imine (C=N–C) groups is 2. The molecule has 0 atom stereocenters. The molecule has 0 unspecified atom stereocenters. The number of hydrogen-bond donors (Lipinski definition) is 0. The third-order valence-electron chi connectivity index (χ3n) is 5.08. The van der Waals surface area contributed by atoms with Gasteiger partial charge in [0.1, 0.15) is 0 Å². The van der Waals surface area contributed by atoms with Gasteiger partial charge in [0.15, 0.2) is 0 Å². The van der Waals surface area contributed by atoms with Crippen LogP contribution < -0.4 is 24.8 Å². The Morgan fingerprint density at radius 1 is 0.697 bits per heavy atom. The second-order valence-corrected chi connectivity index (χ2v) is 8.82. The quantitative estimate of drug-likeness (QED) is 0.338. The van der Waals surface area contributed by atoms with Gasteiger partial charge in [-0.1, -0.05) is 29.8 Å². The van der Waals surface area contributed by atoms with Crippen molar-refractivity contribution in [3.8, 4) is 0 Å². The molecule has 1 aromatic heterocycles. The van der Waals surface area contributed by atoms with Gasteiger partial charge >= 0.3 is 17.1 Å². The average molecular weight is 589 g/mol. The summed E-state index contributed by atoms with van der Waals surface area (Å²) in [5.41, 5.74) is 11.4. The van der Waals surface area contributed by atoms with Crippen LogP contribution in [-0.4, -0.2) is 16.4 Å². The third kappa shape index (κ3) is 7.77. The van der Waals surface area contributed by atoms with Crippen molar-refractivity contribution in [2.75, 3.05) is 0 Å². The van der Waals surface area contributed by atoms with E-state index in [1.54, 1.807) is 0 Å². The number of rotatable bonds is 4. The molecule has 1 heterocycles. The van der Waals surface area contributed by atoms with E-state index in [9.17, 15) is 0 Å². The van der Waals surface area contributed by atoms with Gasteiger partial charge in [-0.2, -0.15) is 0 Å². The van der Waals surface area contributed by atoms with Crippen LogP contribution in [0.1, 0.15) is 53.1 Å². The van der Waals surface area contributed by atoms with E-state index in [0.29, 0.717) is 0 Å². The Morgan fingerprint density at radius 2 is 1.09 bits per heavy atom. The molecule has 33 heavy (non-hydrogen) atoms. The van der Waals surface area contributed by atoms with Crippen LogP contribution in [0.5, 0.6) is 0 Å². The predicted octanol–water partition coefficient (Wildman–Crippen LogP) is 1.67. The normalized spacial score (nSPS) is 11.3. The van der Waals surface area contributed by atoms with Gasteiger partial charge in [0, 0.05) is 4.47 Å². The Labute approximate surface area is 229 Å². The van der Waals surface area contributed by atoms with Crippen molar-refractivity contribution in [3.05, 3.63) is 86.1 Å². The Kier molecular flexibility index (Phi) is 12.8. The molecule has 0 aliphatic rings. The Morgan fingerprint density at radius 3 is 1.55 bits per heavy atom. The number of aromatic nitrogens is 1. The molecular formula is C26H28BrCl2FeN3. The molecule has 0 fully saturated rings. The summed E-state index contributed by atoms with van der Waals surface area (Å²) in [6.07, 6.45) is 0. The number of aryl methyl sites for hydroxylation is 5. The van der Waals surface area contributed by atoms with Gasteiger partial charge in [0.05, 0.1) is 34.2 Å². The molecule has 0 aliphatic carbocycles. The molecule has 3 rings (SSSR count). The summed E-state index contributed by atoms with van der Waals surface area (Å²) >= 11 is 3.65. The molecule has 0 aliphatic heterocycles. The predicted molar refractivity (Wildman–Crippen MR) is 132 cm³/mol. The molecule has 0 saturated heterocycles. The summed E-state index contributed by atoms with van der Waals surface area (Å²) in [7, 11) is 0. The molecule has 0 spiro atoms. The van der Waals surface area contributed by atoms with Crippen LogP contribution in [0.15, 0.2) is 56.9 Å². The first kappa shape index (κ1) is 31.5. The smallest absolute Gasteiger partial charge is 1.00 e. The minimum absolute atomic E-state index is 0. The molecular weight excluding hydrogens is 561 g/mol. The standard InChI is InChI=1S/C26H28BrN3.2ClH.Fe/c1-15-11-17(3)25(18(4)12-15)28-20(6)23-9-8-10-24(30-23)21(7)29-26-19(5)13-16(2)14-22(26)27;;;/h8-14H,1-7H3;2*1H;/q;;;+2/p-2. The molecule has 7 heteroatoms. The maximum atomic E-state index is 4.90. The van der Waals surface area contributed by atoms with Crippen molar-refractivity contribution in [2.45, 2.75) is 48.5 Å². The summed E-state index contributed by atoms with van der Waals surface area (Å²) in [5.74, 6) is 0. The first-order valence-corrected chi connectivity index (χ1v) is 10.9.